The van der Waals surface area contributed by atoms with Crippen LogP contribution >= 0.6 is 0 Å². The van der Waals surface area contributed by atoms with E-state index in [0.717, 1.165) is 36.3 Å². The molecule has 0 saturated carbocycles. The second-order valence-corrected chi connectivity index (χ2v) is 8.14. The summed E-state index contributed by atoms with van der Waals surface area (Å²) >= 11 is 0. The van der Waals surface area contributed by atoms with E-state index in [9.17, 15) is 9.18 Å². The summed E-state index contributed by atoms with van der Waals surface area (Å²) in [5.74, 6) is 0.983. The number of ketones is 1. The topological polar surface area (TPSA) is 59.0 Å². The summed E-state index contributed by atoms with van der Waals surface area (Å²) in [7, 11) is 1.88. The molecule has 0 saturated heterocycles. The van der Waals surface area contributed by atoms with Gasteiger partial charge in [0, 0.05) is 37.0 Å². The van der Waals surface area contributed by atoms with Crippen LogP contribution in [-0.4, -0.2) is 34.3 Å². The van der Waals surface area contributed by atoms with Crippen molar-refractivity contribution < 1.29 is 9.18 Å². The van der Waals surface area contributed by atoms with Crippen molar-refractivity contribution in [2.45, 2.75) is 46.5 Å². The lowest BCUT2D eigenvalue weighted by Gasteiger charge is -2.23. The van der Waals surface area contributed by atoms with E-state index in [0.29, 0.717) is 24.5 Å². The summed E-state index contributed by atoms with van der Waals surface area (Å²) in [6.07, 6.45) is 4.72. The van der Waals surface area contributed by atoms with E-state index in [1.54, 1.807) is 0 Å². The van der Waals surface area contributed by atoms with Gasteiger partial charge >= 0.3 is 0 Å². The minimum Gasteiger partial charge on any atom is -0.352 e. The van der Waals surface area contributed by atoms with E-state index in [1.807, 2.05) is 11.9 Å². The molecule has 5 nitrogen and oxygen atoms in total. The number of anilines is 1. The van der Waals surface area contributed by atoms with Gasteiger partial charge in [0.15, 0.2) is 11.6 Å². The molecule has 0 amide bonds. The minimum absolute atomic E-state index is 0.0395. The van der Waals surface area contributed by atoms with Crippen LogP contribution in [0.15, 0.2) is 18.3 Å². The van der Waals surface area contributed by atoms with Crippen LogP contribution in [0.3, 0.4) is 0 Å². The Morgan fingerprint density at radius 3 is 2.73 bits per heavy atom. The van der Waals surface area contributed by atoms with Gasteiger partial charge in [-0.25, -0.2) is 14.4 Å². The molecule has 2 heterocycles. The van der Waals surface area contributed by atoms with Gasteiger partial charge in [-0.1, -0.05) is 20.8 Å². The molecule has 2 aromatic rings. The van der Waals surface area contributed by atoms with Gasteiger partial charge in [-0.15, -0.1) is 0 Å². The third kappa shape index (κ3) is 4.23. The van der Waals surface area contributed by atoms with Crippen LogP contribution < -0.4 is 4.90 Å². The molecule has 6 heteroatoms. The zero-order valence-electron chi connectivity index (χ0n) is 15.8. The van der Waals surface area contributed by atoms with E-state index in [4.69, 9.17) is 0 Å². The molecule has 0 fully saturated rings. The first-order chi connectivity index (χ1) is 12.2. The number of aromatic nitrogens is 3. The highest BCUT2D eigenvalue weighted by Crippen LogP contribution is 2.31. The van der Waals surface area contributed by atoms with Gasteiger partial charge in [-0.3, -0.25) is 9.78 Å². The average molecular weight is 356 g/mol. The number of halogens is 1. The van der Waals surface area contributed by atoms with Gasteiger partial charge in [0.2, 0.25) is 0 Å². The highest BCUT2D eigenvalue weighted by molar-refractivity contribution is 5.84. The number of carbonyl (C=O) groups excluding carboxylic acids is 1. The summed E-state index contributed by atoms with van der Waals surface area (Å²) in [5, 5.41) is 0. The van der Waals surface area contributed by atoms with Crippen LogP contribution in [0.2, 0.25) is 0 Å². The number of aryl methyl sites for hydroxylation is 1. The Morgan fingerprint density at radius 2 is 2.04 bits per heavy atom. The number of Topliss-reactive ketones (excluding diaryl/α,β-unsaturated/α-hetero) is 1. The average Bonchev–Trinajstić information content (AvgIpc) is 3.00. The molecule has 0 bridgehead atoms. The van der Waals surface area contributed by atoms with Crippen molar-refractivity contribution in [2.75, 3.05) is 18.5 Å². The monoisotopic (exact) mass is 356 g/mol. The maximum absolute atomic E-state index is 13.6. The maximum atomic E-state index is 13.6. The van der Waals surface area contributed by atoms with Crippen molar-refractivity contribution in [3.8, 4) is 11.5 Å². The van der Waals surface area contributed by atoms with Crippen molar-refractivity contribution in [3.63, 3.8) is 0 Å². The number of hydrogen-bond donors (Lipinski definition) is 0. The number of pyridine rings is 1. The van der Waals surface area contributed by atoms with Crippen LogP contribution in [0, 0.1) is 11.2 Å². The van der Waals surface area contributed by atoms with E-state index < -0.39 is 0 Å². The molecule has 138 valence electrons. The van der Waals surface area contributed by atoms with Gasteiger partial charge < -0.3 is 4.90 Å². The minimum atomic E-state index is -0.366. The molecule has 26 heavy (non-hydrogen) atoms. The fraction of sp³-hybridized carbons (Fsp3) is 0.500. The van der Waals surface area contributed by atoms with Crippen molar-refractivity contribution in [1.82, 2.24) is 15.0 Å². The van der Waals surface area contributed by atoms with Gasteiger partial charge in [0.05, 0.1) is 6.54 Å². The maximum Gasteiger partial charge on any atom is 0.180 e. The predicted octanol–water partition coefficient (Wildman–Crippen LogP) is 3.61. The number of nitrogens with zero attached hydrogens (tertiary/aromatic N) is 4. The predicted molar refractivity (Wildman–Crippen MR) is 99.6 cm³/mol. The Hall–Kier alpha value is -2.37. The van der Waals surface area contributed by atoms with Crippen molar-refractivity contribution in [3.05, 3.63) is 35.4 Å². The van der Waals surface area contributed by atoms with Crippen molar-refractivity contribution >= 4 is 11.6 Å². The molecule has 3 rings (SSSR count). The Bertz CT molecular complexity index is 829. The van der Waals surface area contributed by atoms with Crippen LogP contribution in [0.4, 0.5) is 10.2 Å². The Morgan fingerprint density at radius 1 is 1.27 bits per heavy atom. The van der Waals surface area contributed by atoms with Crippen molar-refractivity contribution in [2.24, 2.45) is 5.41 Å². The van der Waals surface area contributed by atoms with Gasteiger partial charge in [-0.05, 0) is 30.7 Å². The Kier molecular flexibility index (Phi) is 5.03. The van der Waals surface area contributed by atoms with E-state index in [1.165, 1.54) is 18.3 Å². The number of hydrogen-bond acceptors (Lipinski definition) is 5. The summed E-state index contributed by atoms with van der Waals surface area (Å²) in [6.45, 7) is 6.47. The molecule has 0 spiro atoms. The summed E-state index contributed by atoms with van der Waals surface area (Å²) in [4.78, 5) is 27.7. The normalized spacial score (nSPS) is 13.6. The summed E-state index contributed by atoms with van der Waals surface area (Å²) in [6, 6.07) is 2.64. The molecular formula is C20H25FN4O. The molecule has 2 aromatic heterocycles. The first-order valence-electron chi connectivity index (χ1n) is 8.97. The third-order valence-corrected chi connectivity index (χ3v) is 4.36. The number of carbonyl (C=O) groups is 1. The fourth-order valence-corrected chi connectivity index (χ4v) is 3.36. The molecule has 1 aliphatic carbocycles. The summed E-state index contributed by atoms with van der Waals surface area (Å²) < 4.78 is 13.6. The second kappa shape index (κ2) is 7.09. The lowest BCUT2D eigenvalue weighted by molar-refractivity contribution is -0.119. The number of fused-ring (bicyclic) bond motifs is 1. The Labute approximate surface area is 153 Å². The molecule has 0 radical (unpaired) electrons. The first kappa shape index (κ1) is 18.4. The van der Waals surface area contributed by atoms with Crippen LogP contribution in [0.1, 0.15) is 44.9 Å². The standard InChI is InChI=1S/C20H25FN4O/c1-20(2,3)11-14(26)12-25(4)19-15-6-5-7-16(15)23-18(24-19)17-10-13(21)8-9-22-17/h8-10H,5-7,11-12H2,1-4H3. The molecule has 0 atom stereocenters. The SMILES string of the molecule is CN(CC(=O)CC(C)(C)C)c1nc(-c2cc(F)ccn2)nc2c1CCC2. The lowest BCUT2D eigenvalue weighted by atomic mass is 9.90. The second-order valence-electron chi connectivity index (χ2n) is 8.14. The van der Waals surface area contributed by atoms with E-state index >= 15 is 0 Å². The fourth-order valence-electron chi connectivity index (χ4n) is 3.36. The molecule has 0 aromatic carbocycles. The number of rotatable bonds is 5. The van der Waals surface area contributed by atoms with Crippen molar-refractivity contribution in [1.29, 1.82) is 0 Å². The zero-order valence-corrected chi connectivity index (χ0v) is 15.8. The Balaban J connectivity index is 1.92. The largest absolute Gasteiger partial charge is 0.352 e. The van der Waals surface area contributed by atoms with Gasteiger partial charge in [0.25, 0.3) is 0 Å². The molecule has 1 aliphatic rings. The molecular weight excluding hydrogens is 331 g/mol. The quantitative estimate of drug-likeness (QED) is 0.819. The smallest absolute Gasteiger partial charge is 0.180 e. The number of likely N-dealkylation sites (N-methyl/N-ethyl adjacent to an activating group) is 1. The summed E-state index contributed by atoms with van der Waals surface area (Å²) in [5.41, 5.74) is 2.44. The highest BCUT2D eigenvalue weighted by atomic mass is 19.1. The third-order valence-electron chi connectivity index (χ3n) is 4.36. The molecule has 0 aliphatic heterocycles. The molecule has 0 unspecified atom stereocenters. The van der Waals surface area contributed by atoms with Gasteiger partial charge in [0.1, 0.15) is 17.3 Å². The van der Waals surface area contributed by atoms with E-state index in [2.05, 4.69) is 35.7 Å². The molecule has 0 N–H and O–H groups in total. The van der Waals surface area contributed by atoms with Crippen LogP contribution in [0.5, 0.6) is 0 Å². The van der Waals surface area contributed by atoms with Crippen LogP contribution in [0.25, 0.3) is 11.5 Å². The lowest BCUT2D eigenvalue weighted by Crippen LogP contribution is -2.30. The van der Waals surface area contributed by atoms with Gasteiger partial charge in [-0.2, -0.15) is 0 Å². The highest BCUT2D eigenvalue weighted by Gasteiger charge is 2.24. The van der Waals surface area contributed by atoms with Crippen LogP contribution in [-0.2, 0) is 17.6 Å². The zero-order chi connectivity index (χ0) is 18.9. The first-order valence-corrected chi connectivity index (χ1v) is 8.97. The van der Waals surface area contributed by atoms with E-state index in [-0.39, 0.29) is 17.0 Å².